The van der Waals surface area contributed by atoms with Gasteiger partial charge in [0.05, 0.1) is 11.1 Å². The second kappa shape index (κ2) is 3.35. The van der Waals surface area contributed by atoms with E-state index in [4.69, 9.17) is 0 Å². The van der Waals surface area contributed by atoms with Gasteiger partial charge in [0.25, 0.3) is 11.8 Å². The van der Waals surface area contributed by atoms with Gasteiger partial charge in [-0.15, -0.1) is 0 Å². The van der Waals surface area contributed by atoms with Gasteiger partial charge in [0, 0.05) is 22.9 Å². The van der Waals surface area contributed by atoms with Gasteiger partial charge in [-0.1, -0.05) is 0 Å². The van der Waals surface area contributed by atoms with E-state index in [-0.39, 0.29) is 11.1 Å². The third-order valence-electron chi connectivity index (χ3n) is 2.07. The molecule has 15 heavy (non-hydrogen) atoms. The zero-order valence-electron chi connectivity index (χ0n) is 7.19. The number of aromatic hydroxyl groups is 2. The molecule has 78 valence electrons. The lowest BCUT2D eigenvalue weighted by molar-refractivity contribution is 0.0635. The van der Waals surface area contributed by atoms with Crippen molar-refractivity contribution in [1.82, 2.24) is 8.65 Å². The van der Waals surface area contributed by atoms with Crippen LogP contribution in [0.2, 0.25) is 0 Å². The number of imide groups is 1. The van der Waals surface area contributed by atoms with Gasteiger partial charge in [-0.25, -0.2) is 0 Å². The summed E-state index contributed by atoms with van der Waals surface area (Å²) in [6.45, 7) is 0. The molecule has 0 saturated carbocycles. The maximum absolute atomic E-state index is 11.5. The van der Waals surface area contributed by atoms with E-state index in [1.54, 1.807) is 22.9 Å². The Morgan fingerprint density at radius 3 is 1.80 bits per heavy atom. The van der Waals surface area contributed by atoms with Gasteiger partial charge in [-0.05, 0) is 12.1 Å². The summed E-state index contributed by atoms with van der Waals surface area (Å²) in [7, 11) is 0. The molecule has 2 amide bonds. The highest BCUT2D eigenvalue weighted by Crippen LogP contribution is 2.32. The molecule has 1 aromatic carbocycles. The summed E-state index contributed by atoms with van der Waals surface area (Å²) in [5.74, 6) is -1.96. The monoisotopic (exact) mass is 320 g/mol. The molecule has 0 bridgehead atoms. The zero-order valence-corrected chi connectivity index (χ0v) is 9.35. The Hall–Kier alpha value is -1.35. The minimum absolute atomic E-state index is 0.0690. The molecule has 1 aliphatic rings. The van der Waals surface area contributed by atoms with E-state index in [1.807, 2.05) is 0 Å². The molecule has 7 heteroatoms. The highest BCUT2D eigenvalue weighted by atomic mass is 127. The maximum atomic E-state index is 11.5. The van der Waals surface area contributed by atoms with Gasteiger partial charge in [-0.2, -0.15) is 8.65 Å². The Morgan fingerprint density at radius 2 is 1.47 bits per heavy atom. The predicted molar refractivity (Wildman–Crippen MR) is 57.4 cm³/mol. The first kappa shape index (κ1) is 10.2. The number of carbonyl (C=O) groups excluding carboxylic acids is 2. The topological polar surface area (TPSA) is 89.9 Å². The van der Waals surface area contributed by atoms with Crippen LogP contribution in [0.1, 0.15) is 20.7 Å². The Labute approximate surface area is 98.0 Å². The first-order valence-corrected chi connectivity index (χ1v) is 4.95. The molecule has 0 unspecified atom stereocenters. The molecule has 1 heterocycles. The van der Waals surface area contributed by atoms with Crippen molar-refractivity contribution >= 4 is 34.7 Å². The van der Waals surface area contributed by atoms with E-state index in [1.165, 1.54) is 0 Å². The van der Waals surface area contributed by atoms with Gasteiger partial charge in [0.2, 0.25) is 0 Å². The molecular formula is C8H5IN2O4. The van der Waals surface area contributed by atoms with Crippen LogP contribution in [0.4, 0.5) is 0 Å². The lowest BCUT2D eigenvalue weighted by Crippen LogP contribution is -2.36. The van der Waals surface area contributed by atoms with Crippen LogP contribution in [0.25, 0.3) is 0 Å². The summed E-state index contributed by atoms with van der Waals surface area (Å²) in [6.07, 6.45) is 0. The van der Waals surface area contributed by atoms with Crippen molar-refractivity contribution in [2.75, 3.05) is 0 Å². The number of phenolic OH excluding ortho intramolecular Hbond substituents is 2. The van der Waals surface area contributed by atoms with Crippen LogP contribution in [0.3, 0.4) is 0 Å². The van der Waals surface area contributed by atoms with Crippen molar-refractivity contribution in [3.05, 3.63) is 23.3 Å². The molecule has 0 aliphatic carbocycles. The van der Waals surface area contributed by atoms with Crippen molar-refractivity contribution in [2.24, 2.45) is 0 Å². The molecular weight excluding hydrogens is 315 g/mol. The summed E-state index contributed by atoms with van der Waals surface area (Å²) in [5, 5.41) is 19.2. The molecule has 0 saturated heterocycles. The first-order valence-electron chi connectivity index (χ1n) is 3.87. The Bertz CT molecular complexity index is 433. The normalized spacial score (nSPS) is 14.6. The molecule has 0 aromatic heterocycles. The second-order valence-corrected chi connectivity index (χ2v) is 3.40. The van der Waals surface area contributed by atoms with Gasteiger partial charge in [0.15, 0.2) is 11.5 Å². The van der Waals surface area contributed by atoms with Crippen molar-refractivity contribution < 1.29 is 19.8 Å². The Morgan fingerprint density at radius 1 is 1.07 bits per heavy atom. The van der Waals surface area contributed by atoms with Crippen LogP contribution in [-0.2, 0) is 0 Å². The average Bonchev–Trinajstić information content (AvgIpc) is 2.42. The fraction of sp³-hybridized carbons (Fsp3) is 0. The van der Waals surface area contributed by atoms with Crippen molar-refractivity contribution in [2.45, 2.75) is 0 Å². The first-order chi connectivity index (χ1) is 7.06. The minimum atomic E-state index is -0.556. The van der Waals surface area contributed by atoms with Crippen LogP contribution in [-0.4, -0.2) is 27.0 Å². The lowest BCUT2D eigenvalue weighted by Gasteiger charge is -2.07. The highest BCUT2D eigenvalue weighted by Gasteiger charge is 2.36. The molecule has 2 rings (SSSR count). The fourth-order valence-electron chi connectivity index (χ4n) is 1.34. The number of rotatable bonds is 1. The SMILES string of the molecule is O=C1c2cc(O)c(O)cc2C(=O)N1NI. The van der Waals surface area contributed by atoms with Crippen LogP contribution in [0.5, 0.6) is 11.5 Å². The second-order valence-electron chi connectivity index (χ2n) is 2.92. The predicted octanol–water partition coefficient (Wildman–Crippen LogP) is 0.548. The van der Waals surface area contributed by atoms with Crippen molar-refractivity contribution in [3.8, 4) is 11.5 Å². The number of carbonyl (C=O) groups is 2. The van der Waals surface area contributed by atoms with Crippen LogP contribution in [0.15, 0.2) is 12.1 Å². The van der Waals surface area contributed by atoms with Crippen LogP contribution < -0.4 is 3.64 Å². The number of hydrazine groups is 1. The number of benzene rings is 1. The maximum Gasteiger partial charge on any atom is 0.276 e. The van der Waals surface area contributed by atoms with Crippen LogP contribution >= 0.6 is 22.9 Å². The molecule has 3 N–H and O–H groups in total. The summed E-state index contributed by atoms with van der Waals surface area (Å²) in [4.78, 5) is 23.1. The minimum Gasteiger partial charge on any atom is -0.504 e. The largest absolute Gasteiger partial charge is 0.504 e. The number of halogens is 1. The number of hydrogen-bond acceptors (Lipinski definition) is 5. The van der Waals surface area contributed by atoms with Crippen LogP contribution in [0, 0.1) is 0 Å². The van der Waals surface area contributed by atoms with Gasteiger partial charge in [0.1, 0.15) is 0 Å². The quantitative estimate of drug-likeness (QED) is 0.304. The smallest absolute Gasteiger partial charge is 0.276 e. The number of nitrogens with one attached hydrogen (secondary N) is 1. The number of amides is 2. The van der Waals surface area contributed by atoms with E-state index < -0.39 is 23.3 Å². The molecule has 6 nitrogen and oxygen atoms in total. The fourth-order valence-corrected chi connectivity index (χ4v) is 1.78. The van der Waals surface area contributed by atoms with E-state index >= 15 is 0 Å². The zero-order chi connectivity index (χ0) is 11.2. The third kappa shape index (κ3) is 1.35. The molecule has 0 radical (unpaired) electrons. The molecule has 0 atom stereocenters. The molecule has 0 fully saturated rings. The van der Waals surface area contributed by atoms with E-state index in [0.717, 1.165) is 17.1 Å². The summed E-state index contributed by atoms with van der Waals surface area (Å²) in [6, 6.07) is 2.14. The average molecular weight is 320 g/mol. The number of nitrogens with zero attached hydrogens (tertiary/aromatic N) is 1. The van der Waals surface area contributed by atoms with E-state index in [0.29, 0.717) is 0 Å². The Kier molecular flexibility index (Phi) is 2.27. The highest BCUT2D eigenvalue weighted by molar-refractivity contribution is 14.1. The lowest BCUT2D eigenvalue weighted by atomic mass is 10.1. The van der Waals surface area contributed by atoms with Gasteiger partial charge in [-0.3, -0.25) is 9.59 Å². The summed E-state index contributed by atoms with van der Waals surface area (Å²) >= 11 is 1.64. The molecule has 1 aliphatic heterocycles. The standard InChI is InChI=1S/C8H5IN2O4/c9-10-11-7(14)3-1-5(12)6(13)2-4(3)8(11)15/h1-2,10,12-13H. The summed E-state index contributed by atoms with van der Waals surface area (Å²) in [5.41, 5.74) is 0.138. The van der Waals surface area contributed by atoms with E-state index in [9.17, 15) is 19.8 Å². The third-order valence-corrected chi connectivity index (χ3v) is 2.55. The number of fused-ring (bicyclic) bond motifs is 1. The van der Waals surface area contributed by atoms with Gasteiger partial charge >= 0.3 is 0 Å². The molecule has 1 aromatic rings. The molecule has 0 spiro atoms. The van der Waals surface area contributed by atoms with E-state index in [2.05, 4.69) is 3.64 Å². The number of phenols is 2. The van der Waals surface area contributed by atoms with Crippen molar-refractivity contribution in [1.29, 1.82) is 0 Å². The van der Waals surface area contributed by atoms with Gasteiger partial charge < -0.3 is 10.2 Å². The van der Waals surface area contributed by atoms with Crippen molar-refractivity contribution in [3.63, 3.8) is 0 Å². The summed E-state index contributed by atoms with van der Waals surface area (Å²) < 4.78 is 2.39. The Balaban J connectivity index is 2.63. The number of hydrogen-bond donors (Lipinski definition) is 3.